The molecule has 0 saturated carbocycles. The molecule has 0 N–H and O–H groups in total. The van der Waals surface area contributed by atoms with Crippen LogP contribution in [-0.4, -0.2) is 6.54 Å². The van der Waals surface area contributed by atoms with Crippen LogP contribution in [-0.2, 0) is 0 Å². The highest BCUT2D eigenvalue weighted by molar-refractivity contribution is 5.77. The van der Waals surface area contributed by atoms with Gasteiger partial charge in [-0.1, -0.05) is 122 Å². The summed E-state index contributed by atoms with van der Waals surface area (Å²) in [4.78, 5) is 4.74. The molecule has 0 spiro atoms. The topological polar surface area (TPSA) is 6.48 Å². The molecule has 0 atom stereocenters. The van der Waals surface area contributed by atoms with Gasteiger partial charge in [-0.3, -0.25) is 0 Å². The van der Waals surface area contributed by atoms with E-state index in [0.717, 1.165) is 6.54 Å². The number of hydrogen-bond acceptors (Lipinski definition) is 2. The third-order valence-electron chi connectivity index (χ3n) is 7.14. The molecule has 36 heavy (non-hydrogen) atoms. The number of anilines is 2. The SMILES string of the molecule is CC(C)c1cccc(C(C)C)c1N1[C]N(c2c(C(C)C)cccc2C(C)C)C(=Cc2ccccc2)C1. The van der Waals surface area contributed by atoms with Gasteiger partial charge in [0.15, 0.2) is 0 Å². The lowest BCUT2D eigenvalue weighted by molar-refractivity contribution is 0.816. The summed E-state index contributed by atoms with van der Waals surface area (Å²) in [6, 6.07) is 24.3. The van der Waals surface area contributed by atoms with Gasteiger partial charge >= 0.3 is 0 Å². The van der Waals surface area contributed by atoms with E-state index >= 15 is 0 Å². The van der Waals surface area contributed by atoms with Gasteiger partial charge in [0.1, 0.15) is 0 Å². The van der Waals surface area contributed by atoms with Crippen LogP contribution in [0.4, 0.5) is 11.4 Å². The minimum Gasteiger partial charge on any atom is -0.335 e. The van der Waals surface area contributed by atoms with Crippen LogP contribution in [0, 0.1) is 6.67 Å². The predicted molar refractivity (Wildman–Crippen MR) is 157 cm³/mol. The van der Waals surface area contributed by atoms with Crippen molar-refractivity contribution in [2.75, 3.05) is 16.3 Å². The quantitative estimate of drug-likeness (QED) is 0.333. The van der Waals surface area contributed by atoms with E-state index in [-0.39, 0.29) is 0 Å². The Hall–Kier alpha value is -3.00. The fourth-order valence-electron chi connectivity index (χ4n) is 5.22. The fraction of sp³-hybridized carbons (Fsp3) is 0.382. The van der Waals surface area contributed by atoms with E-state index in [1.165, 1.54) is 44.9 Å². The van der Waals surface area contributed by atoms with Crippen molar-refractivity contribution < 1.29 is 0 Å². The molecule has 1 saturated heterocycles. The number of para-hydroxylation sites is 2. The van der Waals surface area contributed by atoms with Crippen molar-refractivity contribution in [2.45, 2.75) is 79.1 Å². The first kappa shape index (κ1) is 26.1. The molecule has 0 aliphatic carbocycles. The summed E-state index contributed by atoms with van der Waals surface area (Å²) in [5.74, 6) is 1.71. The monoisotopic (exact) mass is 478 g/mol. The lowest BCUT2D eigenvalue weighted by Gasteiger charge is -2.29. The van der Waals surface area contributed by atoms with E-state index in [1.54, 1.807) is 0 Å². The molecule has 2 heteroatoms. The van der Waals surface area contributed by atoms with Gasteiger partial charge < -0.3 is 9.80 Å². The first-order chi connectivity index (χ1) is 17.2. The minimum absolute atomic E-state index is 0.418. The third kappa shape index (κ3) is 5.24. The Bertz CT molecular complexity index is 1150. The van der Waals surface area contributed by atoms with Gasteiger partial charge in [0.2, 0.25) is 6.67 Å². The maximum atomic E-state index is 3.87. The van der Waals surface area contributed by atoms with E-state index in [9.17, 15) is 0 Å². The van der Waals surface area contributed by atoms with E-state index in [4.69, 9.17) is 0 Å². The molecule has 2 radical (unpaired) electrons. The van der Waals surface area contributed by atoms with Crippen LogP contribution in [0.1, 0.15) is 107 Å². The Labute approximate surface area is 219 Å². The van der Waals surface area contributed by atoms with Crippen LogP contribution in [0.2, 0.25) is 0 Å². The van der Waals surface area contributed by atoms with Crippen molar-refractivity contribution in [3.05, 3.63) is 107 Å². The van der Waals surface area contributed by atoms with Gasteiger partial charge in [-0.05, 0) is 57.6 Å². The Balaban J connectivity index is 1.92. The average Bonchev–Trinajstić information content (AvgIpc) is 3.26. The van der Waals surface area contributed by atoms with Crippen LogP contribution in [0.15, 0.2) is 72.4 Å². The largest absolute Gasteiger partial charge is 0.335 e. The van der Waals surface area contributed by atoms with Gasteiger partial charge in [0.05, 0.1) is 12.2 Å². The molecular weight excluding hydrogens is 436 g/mol. The number of nitrogens with zero attached hydrogens (tertiary/aromatic N) is 2. The highest BCUT2D eigenvalue weighted by Gasteiger charge is 2.34. The molecule has 0 aromatic heterocycles. The smallest absolute Gasteiger partial charge is 0.213 e. The molecule has 1 heterocycles. The van der Waals surface area contributed by atoms with Crippen LogP contribution in [0.25, 0.3) is 6.08 Å². The number of rotatable bonds is 7. The molecule has 2 nitrogen and oxygen atoms in total. The highest BCUT2D eigenvalue weighted by atomic mass is 15.4. The lowest BCUT2D eigenvalue weighted by Crippen LogP contribution is -2.23. The maximum Gasteiger partial charge on any atom is 0.213 e. The molecule has 0 amide bonds. The van der Waals surface area contributed by atoms with Crippen LogP contribution in [0.5, 0.6) is 0 Å². The van der Waals surface area contributed by atoms with Crippen molar-refractivity contribution >= 4 is 17.5 Å². The summed E-state index contributed by atoms with van der Waals surface area (Å²) < 4.78 is 0. The summed E-state index contributed by atoms with van der Waals surface area (Å²) >= 11 is 0. The second kappa shape index (κ2) is 10.9. The number of benzene rings is 3. The van der Waals surface area contributed by atoms with Crippen molar-refractivity contribution in [3.8, 4) is 0 Å². The zero-order valence-corrected chi connectivity index (χ0v) is 23.3. The summed E-state index contributed by atoms with van der Waals surface area (Å²) in [7, 11) is 0. The Kier molecular flexibility index (Phi) is 7.93. The molecule has 1 aliphatic rings. The fourth-order valence-corrected chi connectivity index (χ4v) is 5.22. The molecule has 1 aliphatic heterocycles. The first-order valence-corrected chi connectivity index (χ1v) is 13.5. The van der Waals surface area contributed by atoms with Crippen molar-refractivity contribution in [3.63, 3.8) is 0 Å². The van der Waals surface area contributed by atoms with Crippen LogP contribution in [0.3, 0.4) is 0 Å². The van der Waals surface area contributed by atoms with E-state index in [0.29, 0.717) is 23.7 Å². The average molecular weight is 479 g/mol. The minimum atomic E-state index is 0.418. The maximum absolute atomic E-state index is 3.87. The highest BCUT2D eigenvalue weighted by Crippen LogP contribution is 2.44. The summed E-state index contributed by atoms with van der Waals surface area (Å²) in [5.41, 5.74) is 10.6. The molecule has 3 aromatic carbocycles. The molecule has 0 bridgehead atoms. The van der Waals surface area contributed by atoms with Crippen molar-refractivity contribution in [2.24, 2.45) is 0 Å². The zero-order chi connectivity index (χ0) is 26.0. The normalized spacial score (nSPS) is 15.4. The molecule has 0 unspecified atom stereocenters. The Morgan fingerprint density at radius 2 is 1.03 bits per heavy atom. The summed E-state index contributed by atoms with van der Waals surface area (Å²) in [6.07, 6.45) is 2.33. The van der Waals surface area contributed by atoms with Gasteiger partial charge in [-0.15, -0.1) is 0 Å². The van der Waals surface area contributed by atoms with Gasteiger partial charge in [0, 0.05) is 11.4 Å². The molecule has 3 aromatic rings. The second-order valence-corrected chi connectivity index (χ2v) is 11.3. The van der Waals surface area contributed by atoms with Crippen LogP contribution >= 0.6 is 0 Å². The molecule has 188 valence electrons. The Morgan fingerprint density at radius 3 is 1.47 bits per heavy atom. The van der Waals surface area contributed by atoms with Crippen LogP contribution < -0.4 is 9.80 Å². The van der Waals surface area contributed by atoms with E-state index in [1.807, 2.05) is 0 Å². The van der Waals surface area contributed by atoms with Gasteiger partial charge in [-0.2, -0.15) is 0 Å². The van der Waals surface area contributed by atoms with Gasteiger partial charge in [-0.25, -0.2) is 0 Å². The molecular formula is C34H42N2. The molecule has 4 rings (SSSR count). The summed E-state index contributed by atoms with van der Waals surface area (Å²) in [5, 5.41) is 0. The second-order valence-electron chi connectivity index (χ2n) is 11.3. The lowest BCUT2D eigenvalue weighted by atomic mass is 9.91. The number of hydrogen-bond donors (Lipinski definition) is 0. The molecule has 1 fully saturated rings. The third-order valence-corrected chi connectivity index (χ3v) is 7.14. The van der Waals surface area contributed by atoms with E-state index < -0.39 is 0 Å². The zero-order valence-electron chi connectivity index (χ0n) is 23.3. The first-order valence-electron chi connectivity index (χ1n) is 13.5. The predicted octanol–water partition coefficient (Wildman–Crippen LogP) is 9.54. The van der Waals surface area contributed by atoms with E-state index in [2.05, 4.69) is 145 Å². The van der Waals surface area contributed by atoms with Crippen molar-refractivity contribution in [1.29, 1.82) is 0 Å². The van der Waals surface area contributed by atoms with Crippen molar-refractivity contribution in [1.82, 2.24) is 0 Å². The standard InChI is InChI=1S/C34H42N2/c1-23(2)29-16-12-17-30(24(3)4)33(29)35-21-28(20-27-14-10-9-11-15-27)36(22-35)34-31(25(5)6)18-13-19-32(34)26(7)8/h9-20,23-26H,21H2,1-8H3. The summed E-state index contributed by atoms with van der Waals surface area (Å²) in [6.45, 7) is 23.0. The Morgan fingerprint density at radius 1 is 0.583 bits per heavy atom. The van der Waals surface area contributed by atoms with Gasteiger partial charge in [0.25, 0.3) is 0 Å².